The summed E-state index contributed by atoms with van der Waals surface area (Å²) in [5, 5.41) is 0. The number of ether oxygens (including phenoxy) is 3. The summed E-state index contributed by atoms with van der Waals surface area (Å²) < 4.78 is 14.6. The number of benzene rings is 1. The van der Waals surface area contributed by atoms with Crippen molar-refractivity contribution in [2.45, 2.75) is 13.3 Å². The van der Waals surface area contributed by atoms with Crippen LogP contribution in [0.4, 0.5) is 0 Å². The Balaban J connectivity index is 2.33. The molecule has 21 heavy (non-hydrogen) atoms. The first kappa shape index (κ1) is 16.4. The first-order chi connectivity index (χ1) is 10.0. The highest BCUT2D eigenvalue weighted by atomic mass is 16.5. The monoisotopic (exact) mass is 292 g/mol. The van der Waals surface area contributed by atoms with E-state index in [1.165, 1.54) is 31.2 Å². The van der Waals surface area contributed by atoms with Gasteiger partial charge in [0, 0.05) is 19.4 Å². The van der Waals surface area contributed by atoms with Gasteiger partial charge in [-0.15, -0.1) is 0 Å². The van der Waals surface area contributed by atoms with Gasteiger partial charge in [-0.05, 0) is 24.3 Å². The molecule has 6 heteroatoms. The van der Waals surface area contributed by atoms with Crippen LogP contribution in [-0.2, 0) is 19.1 Å². The lowest BCUT2D eigenvalue weighted by atomic mass is 10.2. The Morgan fingerprint density at radius 1 is 1.10 bits per heavy atom. The van der Waals surface area contributed by atoms with Gasteiger partial charge in [0.2, 0.25) is 0 Å². The van der Waals surface area contributed by atoms with Gasteiger partial charge < -0.3 is 14.2 Å². The Bertz CT molecular complexity index is 517. The molecule has 0 aliphatic rings. The molecule has 1 rings (SSSR count). The van der Waals surface area contributed by atoms with Gasteiger partial charge in [-0.2, -0.15) is 0 Å². The molecule has 0 radical (unpaired) electrons. The van der Waals surface area contributed by atoms with Crippen LogP contribution in [0, 0.1) is 0 Å². The van der Waals surface area contributed by atoms with E-state index in [1.54, 1.807) is 0 Å². The Morgan fingerprint density at radius 3 is 2.29 bits per heavy atom. The van der Waals surface area contributed by atoms with Crippen LogP contribution < -0.4 is 4.74 Å². The van der Waals surface area contributed by atoms with E-state index in [0.717, 1.165) is 6.08 Å². The lowest BCUT2D eigenvalue weighted by molar-refractivity contribution is -0.138. The minimum atomic E-state index is -0.512. The number of carbonyl (C=O) groups is 3. The Labute approximate surface area is 122 Å². The summed E-state index contributed by atoms with van der Waals surface area (Å²) in [5.41, 5.74) is 0.342. The van der Waals surface area contributed by atoms with Crippen LogP contribution in [0.2, 0.25) is 0 Å². The zero-order valence-corrected chi connectivity index (χ0v) is 11.7. The van der Waals surface area contributed by atoms with Crippen molar-refractivity contribution in [2.75, 3.05) is 13.2 Å². The summed E-state index contributed by atoms with van der Waals surface area (Å²) in [6.07, 6.45) is 1.47. The molecule has 0 saturated heterocycles. The van der Waals surface area contributed by atoms with Gasteiger partial charge in [-0.1, -0.05) is 6.58 Å². The lowest BCUT2D eigenvalue weighted by Gasteiger charge is -2.06. The van der Waals surface area contributed by atoms with Crippen LogP contribution in [0.5, 0.6) is 5.75 Å². The molecule has 0 aromatic heterocycles. The maximum atomic E-state index is 11.7. The second-order valence-electron chi connectivity index (χ2n) is 3.98. The molecule has 0 fully saturated rings. The van der Waals surface area contributed by atoms with Crippen molar-refractivity contribution in [1.29, 1.82) is 0 Å². The predicted octanol–water partition coefficient (Wildman–Crippen LogP) is 1.89. The van der Waals surface area contributed by atoms with Crippen LogP contribution in [-0.4, -0.2) is 31.1 Å². The normalized spacial score (nSPS) is 9.57. The summed E-state index contributed by atoms with van der Waals surface area (Å²) in [4.78, 5) is 33.2. The highest BCUT2D eigenvalue weighted by molar-refractivity contribution is 5.89. The fourth-order valence-electron chi connectivity index (χ4n) is 1.36. The largest absolute Gasteiger partial charge is 0.462 e. The molecule has 6 nitrogen and oxygen atoms in total. The van der Waals surface area contributed by atoms with Crippen LogP contribution in [0.3, 0.4) is 0 Å². The lowest BCUT2D eigenvalue weighted by Crippen LogP contribution is -2.10. The second-order valence-corrected chi connectivity index (χ2v) is 3.98. The molecule has 0 heterocycles. The average molecular weight is 292 g/mol. The summed E-state index contributed by atoms with van der Waals surface area (Å²) in [5.74, 6) is -1.09. The van der Waals surface area contributed by atoms with Crippen molar-refractivity contribution in [3.05, 3.63) is 42.5 Å². The SMILES string of the molecule is C=CC(=O)OCCCOC(=O)c1ccc(OC(C)=O)cc1. The minimum Gasteiger partial charge on any atom is -0.462 e. The Kier molecular flexibility index (Phi) is 6.67. The Hall–Kier alpha value is -2.63. The fourth-order valence-corrected chi connectivity index (χ4v) is 1.36. The molecule has 1 aromatic rings. The molecule has 0 N–H and O–H groups in total. The van der Waals surface area contributed by atoms with E-state index >= 15 is 0 Å². The zero-order valence-electron chi connectivity index (χ0n) is 11.7. The van der Waals surface area contributed by atoms with E-state index in [2.05, 4.69) is 6.58 Å². The van der Waals surface area contributed by atoms with E-state index in [0.29, 0.717) is 17.7 Å². The van der Waals surface area contributed by atoms with Gasteiger partial charge >= 0.3 is 17.9 Å². The summed E-state index contributed by atoms with van der Waals surface area (Å²) >= 11 is 0. The highest BCUT2D eigenvalue weighted by Crippen LogP contribution is 2.13. The van der Waals surface area contributed by atoms with E-state index in [1.807, 2.05) is 0 Å². The summed E-state index contributed by atoms with van der Waals surface area (Å²) in [6, 6.07) is 6.00. The summed E-state index contributed by atoms with van der Waals surface area (Å²) in [6.45, 7) is 4.84. The van der Waals surface area contributed by atoms with Gasteiger partial charge in [0.1, 0.15) is 5.75 Å². The molecule has 0 saturated carbocycles. The van der Waals surface area contributed by atoms with Gasteiger partial charge in [-0.25, -0.2) is 9.59 Å². The maximum Gasteiger partial charge on any atom is 0.338 e. The van der Waals surface area contributed by atoms with Crippen molar-refractivity contribution < 1.29 is 28.6 Å². The van der Waals surface area contributed by atoms with Crippen LogP contribution in [0.15, 0.2) is 36.9 Å². The molecule has 0 aliphatic carbocycles. The van der Waals surface area contributed by atoms with E-state index < -0.39 is 17.9 Å². The molecule has 1 aromatic carbocycles. The second kappa shape index (κ2) is 8.52. The number of carbonyl (C=O) groups excluding carboxylic acids is 3. The minimum absolute atomic E-state index is 0.134. The third-order valence-corrected chi connectivity index (χ3v) is 2.28. The molecular formula is C15H16O6. The van der Waals surface area contributed by atoms with Gasteiger partial charge in [0.05, 0.1) is 18.8 Å². The fraction of sp³-hybridized carbons (Fsp3) is 0.267. The van der Waals surface area contributed by atoms with E-state index in [-0.39, 0.29) is 13.2 Å². The molecule has 0 atom stereocenters. The van der Waals surface area contributed by atoms with E-state index in [9.17, 15) is 14.4 Å². The molecule has 112 valence electrons. The average Bonchev–Trinajstić information content (AvgIpc) is 2.46. The van der Waals surface area contributed by atoms with Crippen LogP contribution in [0.25, 0.3) is 0 Å². The van der Waals surface area contributed by atoms with Gasteiger partial charge in [0.25, 0.3) is 0 Å². The predicted molar refractivity (Wildman–Crippen MR) is 73.8 cm³/mol. The topological polar surface area (TPSA) is 78.9 Å². The zero-order chi connectivity index (χ0) is 15.7. The first-order valence-corrected chi connectivity index (χ1v) is 6.27. The molecule has 0 amide bonds. The molecule has 0 spiro atoms. The van der Waals surface area contributed by atoms with Crippen LogP contribution in [0.1, 0.15) is 23.7 Å². The van der Waals surface area contributed by atoms with Crippen molar-refractivity contribution in [1.82, 2.24) is 0 Å². The van der Waals surface area contributed by atoms with Crippen LogP contribution >= 0.6 is 0 Å². The van der Waals surface area contributed by atoms with Crippen molar-refractivity contribution in [3.8, 4) is 5.75 Å². The third-order valence-electron chi connectivity index (χ3n) is 2.28. The maximum absolute atomic E-state index is 11.7. The quantitative estimate of drug-likeness (QED) is 0.330. The van der Waals surface area contributed by atoms with Gasteiger partial charge in [0.15, 0.2) is 0 Å². The number of esters is 3. The van der Waals surface area contributed by atoms with Crippen molar-refractivity contribution >= 4 is 17.9 Å². The first-order valence-electron chi connectivity index (χ1n) is 6.27. The molecular weight excluding hydrogens is 276 g/mol. The highest BCUT2D eigenvalue weighted by Gasteiger charge is 2.07. The molecule has 0 aliphatic heterocycles. The third kappa shape index (κ3) is 6.38. The van der Waals surface area contributed by atoms with Gasteiger partial charge in [-0.3, -0.25) is 4.79 Å². The standard InChI is InChI=1S/C15H16O6/c1-3-14(17)19-9-4-10-20-15(18)12-5-7-13(8-6-12)21-11(2)16/h3,5-8H,1,4,9-10H2,2H3. The van der Waals surface area contributed by atoms with Crippen molar-refractivity contribution in [2.24, 2.45) is 0 Å². The number of rotatable bonds is 7. The number of hydrogen-bond donors (Lipinski definition) is 0. The number of hydrogen-bond acceptors (Lipinski definition) is 6. The smallest absolute Gasteiger partial charge is 0.338 e. The summed E-state index contributed by atoms with van der Waals surface area (Å²) in [7, 11) is 0. The Morgan fingerprint density at radius 2 is 1.71 bits per heavy atom. The molecule has 0 bridgehead atoms. The van der Waals surface area contributed by atoms with E-state index in [4.69, 9.17) is 14.2 Å². The van der Waals surface area contributed by atoms with Crippen molar-refractivity contribution in [3.63, 3.8) is 0 Å². The molecule has 0 unspecified atom stereocenters.